The van der Waals surface area contributed by atoms with Gasteiger partial charge in [-0.25, -0.2) is 0 Å². The summed E-state index contributed by atoms with van der Waals surface area (Å²) in [6.45, 7) is 7.41. The lowest BCUT2D eigenvalue weighted by Crippen LogP contribution is -2.38. The minimum atomic E-state index is -3.97. The molecular formula is C19H40O3S. The monoisotopic (exact) mass is 348 g/mol. The molecule has 0 aliphatic rings. The maximum Gasteiger partial charge on any atom is 0.270 e. The predicted molar refractivity (Wildman–Crippen MR) is 100 cm³/mol. The van der Waals surface area contributed by atoms with Crippen molar-refractivity contribution in [2.75, 3.05) is 0 Å². The van der Waals surface area contributed by atoms with Gasteiger partial charge in [0.1, 0.15) is 0 Å². The fraction of sp³-hybridized carbons (Fsp3) is 1.00. The molecule has 0 spiro atoms. The van der Waals surface area contributed by atoms with Crippen LogP contribution in [0.5, 0.6) is 0 Å². The van der Waals surface area contributed by atoms with Gasteiger partial charge in [0.25, 0.3) is 10.1 Å². The second-order valence-corrected chi connectivity index (χ2v) is 9.66. The zero-order valence-electron chi connectivity index (χ0n) is 15.9. The van der Waals surface area contributed by atoms with Crippen molar-refractivity contribution >= 4 is 10.1 Å². The van der Waals surface area contributed by atoms with Crippen LogP contribution in [0.2, 0.25) is 0 Å². The van der Waals surface area contributed by atoms with E-state index in [4.69, 9.17) is 0 Å². The maximum absolute atomic E-state index is 11.4. The molecule has 3 nitrogen and oxygen atoms in total. The normalized spacial score (nSPS) is 14.1. The molecule has 0 aliphatic carbocycles. The van der Waals surface area contributed by atoms with E-state index in [1.165, 1.54) is 70.6 Å². The van der Waals surface area contributed by atoms with Gasteiger partial charge in [-0.1, -0.05) is 90.9 Å². The molecule has 0 heterocycles. The van der Waals surface area contributed by atoms with Crippen LogP contribution >= 0.6 is 0 Å². The molecule has 0 aromatic rings. The average molecular weight is 349 g/mol. The highest BCUT2D eigenvalue weighted by molar-refractivity contribution is 7.87. The Balaban J connectivity index is 3.50. The van der Waals surface area contributed by atoms with Crippen molar-refractivity contribution in [2.24, 2.45) is 5.92 Å². The van der Waals surface area contributed by atoms with E-state index < -0.39 is 14.9 Å². The Kier molecular flexibility index (Phi) is 12.2. The molecule has 0 rings (SSSR count). The minimum absolute atomic E-state index is 0.0133. The third-order valence-electron chi connectivity index (χ3n) is 5.34. The summed E-state index contributed by atoms with van der Waals surface area (Å²) in [6.07, 6.45) is 16.6. The van der Waals surface area contributed by atoms with Gasteiger partial charge in [0, 0.05) is 0 Å². The quantitative estimate of drug-likeness (QED) is 0.276. The van der Waals surface area contributed by atoms with Crippen LogP contribution in [-0.2, 0) is 10.1 Å². The van der Waals surface area contributed by atoms with Gasteiger partial charge in [-0.15, -0.1) is 0 Å². The molecule has 1 N–H and O–H groups in total. The van der Waals surface area contributed by atoms with Crippen molar-refractivity contribution in [3.05, 3.63) is 0 Å². The van der Waals surface area contributed by atoms with Crippen LogP contribution in [0.15, 0.2) is 0 Å². The van der Waals surface area contributed by atoms with E-state index in [0.717, 1.165) is 12.8 Å². The highest BCUT2D eigenvalue weighted by atomic mass is 32.2. The van der Waals surface area contributed by atoms with Gasteiger partial charge in [0.05, 0.1) is 4.75 Å². The van der Waals surface area contributed by atoms with Crippen LogP contribution in [0.3, 0.4) is 0 Å². The van der Waals surface area contributed by atoms with E-state index in [0.29, 0.717) is 0 Å². The van der Waals surface area contributed by atoms with Crippen LogP contribution < -0.4 is 0 Å². The zero-order valence-corrected chi connectivity index (χ0v) is 16.8. The van der Waals surface area contributed by atoms with E-state index in [1.807, 2.05) is 6.92 Å². The summed E-state index contributed by atoms with van der Waals surface area (Å²) < 4.78 is 31.0. The molecule has 0 saturated heterocycles. The second-order valence-electron chi connectivity index (χ2n) is 7.66. The fourth-order valence-corrected chi connectivity index (χ4v) is 3.52. The molecular weight excluding hydrogens is 308 g/mol. The Morgan fingerprint density at radius 1 is 0.783 bits per heavy atom. The number of unbranched alkanes of at least 4 members (excludes halogenated alkanes) is 11. The highest BCUT2D eigenvalue weighted by Gasteiger charge is 2.37. The molecule has 0 bridgehead atoms. The summed E-state index contributed by atoms with van der Waals surface area (Å²) in [5.74, 6) is -0.0133. The van der Waals surface area contributed by atoms with Gasteiger partial charge >= 0.3 is 0 Å². The molecule has 0 saturated carbocycles. The van der Waals surface area contributed by atoms with Gasteiger partial charge in [-0.05, 0) is 26.2 Å². The molecule has 23 heavy (non-hydrogen) atoms. The zero-order chi connectivity index (χ0) is 17.8. The SMILES string of the molecule is CCCCCCCCCCCCCCC(C)C(C)(C)S(=O)(=O)O. The molecule has 0 radical (unpaired) electrons. The average Bonchev–Trinajstić information content (AvgIpc) is 2.47. The molecule has 0 fully saturated rings. The first-order valence-corrected chi connectivity index (χ1v) is 11.1. The molecule has 1 atom stereocenters. The Labute approximate surface area is 145 Å². The Hall–Kier alpha value is -0.0900. The number of rotatable bonds is 15. The van der Waals surface area contributed by atoms with Gasteiger partial charge in [-0.3, -0.25) is 4.55 Å². The van der Waals surface area contributed by atoms with Crippen LogP contribution in [0, 0.1) is 5.92 Å². The number of hydrogen-bond donors (Lipinski definition) is 1. The molecule has 0 amide bonds. The molecule has 0 aromatic carbocycles. The Morgan fingerprint density at radius 2 is 1.13 bits per heavy atom. The first kappa shape index (κ1) is 22.9. The van der Waals surface area contributed by atoms with Crippen molar-refractivity contribution in [3.8, 4) is 0 Å². The van der Waals surface area contributed by atoms with E-state index in [2.05, 4.69) is 6.92 Å². The summed E-state index contributed by atoms with van der Waals surface area (Å²) in [5, 5.41) is 0. The maximum atomic E-state index is 11.4. The van der Waals surface area contributed by atoms with Crippen molar-refractivity contribution < 1.29 is 13.0 Å². The molecule has 1 unspecified atom stereocenters. The highest BCUT2D eigenvalue weighted by Crippen LogP contribution is 2.29. The smallest absolute Gasteiger partial charge is 0.270 e. The first-order valence-electron chi connectivity index (χ1n) is 9.70. The largest absolute Gasteiger partial charge is 0.285 e. The summed E-state index contributed by atoms with van der Waals surface area (Å²) in [6, 6.07) is 0. The van der Waals surface area contributed by atoms with Gasteiger partial charge in [0.2, 0.25) is 0 Å². The van der Waals surface area contributed by atoms with E-state index >= 15 is 0 Å². The van der Waals surface area contributed by atoms with Crippen LogP contribution in [0.25, 0.3) is 0 Å². The van der Waals surface area contributed by atoms with Gasteiger partial charge in [0.15, 0.2) is 0 Å². The molecule has 140 valence electrons. The molecule has 0 aromatic heterocycles. The Morgan fingerprint density at radius 3 is 1.48 bits per heavy atom. The predicted octanol–water partition coefficient (Wildman–Crippen LogP) is 6.38. The standard InChI is InChI=1S/C19H40O3S/c1-5-6-7-8-9-10-11-12-13-14-15-16-17-18(2)19(3,4)23(20,21)22/h18H,5-17H2,1-4H3,(H,20,21,22). The van der Waals surface area contributed by atoms with E-state index in [9.17, 15) is 13.0 Å². The minimum Gasteiger partial charge on any atom is -0.285 e. The van der Waals surface area contributed by atoms with Crippen molar-refractivity contribution in [1.82, 2.24) is 0 Å². The lowest BCUT2D eigenvalue weighted by atomic mass is 9.91. The first-order chi connectivity index (χ1) is 10.7. The molecule has 0 aliphatic heterocycles. The lowest BCUT2D eigenvalue weighted by molar-refractivity contribution is 0.351. The fourth-order valence-electron chi connectivity index (χ4n) is 2.89. The van der Waals surface area contributed by atoms with E-state index in [1.54, 1.807) is 13.8 Å². The van der Waals surface area contributed by atoms with Crippen molar-refractivity contribution in [3.63, 3.8) is 0 Å². The van der Waals surface area contributed by atoms with Crippen LogP contribution in [0.1, 0.15) is 111 Å². The van der Waals surface area contributed by atoms with Crippen molar-refractivity contribution in [1.29, 1.82) is 0 Å². The lowest BCUT2D eigenvalue weighted by Gasteiger charge is -2.28. The van der Waals surface area contributed by atoms with Crippen LogP contribution in [-0.4, -0.2) is 17.7 Å². The van der Waals surface area contributed by atoms with Crippen molar-refractivity contribution in [2.45, 2.75) is 116 Å². The van der Waals surface area contributed by atoms with Gasteiger partial charge in [-0.2, -0.15) is 8.42 Å². The summed E-state index contributed by atoms with van der Waals surface area (Å²) in [5.41, 5.74) is 0. The number of hydrogen-bond acceptors (Lipinski definition) is 2. The second kappa shape index (κ2) is 12.3. The Bertz CT molecular complexity index is 374. The van der Waals surface area contributed by atoms with E-state index in [-0.39, 0.29) is 5.92 Å². The summed E-state index contributed by atoms with van der Waals surface area (Å²) in [7, 11) is -3.97. The summed E-state index contributed by atoms with van der Waals surface area (Å²) >= 11 is 0. The van der Waals surface area contributed by atoms with Crippen LogP contribution in [0.4, 0.5) is 0 Å². The summed E-state index contributed by atoms with van der Waals surface area (Å²) in [4.78, 5) is 0. The van der Waals surface area contributed by atoms with Gasteiger partial charge < -0.3 is 0 Å². The third-order valence-corrected chi connectivity index (χ3v) is 7.07. The molecule has 4 heteroatoms. The topological polar surface area (TPSA) is 54.4 Å². The third kappa shape index (κ3) is 10.4.